The molecule has 0 saturated heterocycles. The van der Waals surface area contributed by atoms with Crippen molar-refractivity contribution in [1.82, 2.24) is 4.98 Å². The van der Waals surface area contributed by atoms with Gasteiger partial charge in [0.15, 0.2) is 0 Å². The summed E-state index contributed by atoms with van der Waals surface area (Å²) >= 11 is 1.90. The SMILES string of the molecule is c1ccc(-c2c3ccccc3c(-c3nccc4c3-c3ccccc3C43c4ccccc4-c4cc5sc6ccccc6c5cc43)c3ccccc23)cc1. The molecule has 2 aliphatic carbocycles. The van der Waals surface area contributed by atoms with E-state index in [2.05, 4.69) is 176 Å². The molecule has 2 heteroatoms. The second-order valence-electron chi connectivity index (χ2n) is 14.1. The van der Waals surface area contributed by atoms with Crippen molar-refractivity contribution >= 4 is 53.1 Å². The molecule has 0 bridgehead atoms. The van der Waals surface area contributed by atoms with Crippen LogP contribution in [0.4, 0.5) is 0 Å². The van der Waals surface area contributed by atoms with Crippen molar-refractivity contribution in [2.75, 3.05) is 0 Å². The predicted octanol–water partition coefficient (Wildman–Crippen LogP) is 13.4. The van der Waals surface area contributed by atoms with Crippen LogP contribution in [0.3, 0.4) is 0 Å². The fourth-order valence-corrected chi connectivity index (χ4v) is 10.9. The third-order valence-electron chi connectivity index (χ3n) is 11.7. The Hall–Kier alpha value is -6.35. The maximum atomic E-state index is 5.37. The van der Waals surface area contributed by atoms with Crippen molar-refractivity contribution in [1.29, 1.82) is 0 Å². The van der Waals surface area contributed by atoms with Crippen LogP contribution >= 0.6 is 11.3 Å². The van der Waals surface area contributed by atoms with Crippen LogP contribution < -0.4 is 0 Å². The van der Waals surface area contributed by atoms with Gasteiger partial charge < -0.3 is 0 Å². The lowest BCUT2D eigenvalue weighted by Gasteiger charge is -2.30. The van der Waals surface area contributed by atoms with E-state index in [4.69, 9.17) is 4.98 Å². The summed E-state index contributed by atoms with van der Waals surface area (Å²) in [4.78, 5) is 5.37. The summed E-state index contributed by atoms with van der Waals surface area (Å²) in [6, 6.07) is 63.1. The van der Waals surface area contributed by atoms with Crippen LogP contribution in [-0.2, 0) is 5.41 Å². The first-order chi connectivity index (χ1) is 25.8. The van der Waals surface area contributed by atoms with Gasteiger partial charge in [0.25, 0.3) is 0 Å². The van der Waals surface area contributed by atoms with Crippen LogP contribution in [0.2, 0.25) is 0 Å². The molecule has 1 atom stereocenters. The number of aromatic nitrogens is 1. The lowest BCUT2D eigenvalue weighted by Crippen LogP contribution is -2.25. The molecule has 0 aliphatic heterocycles. The van der Waals surface area contributed by atoms with Crippen molar-refractivity contribution in [3.63, 3.8) is 0 Å². The van der Waals surface area contributed by atoms with Crippen LogP contribution in [0, 0.1) is 0 Å². The molecule has 10 aromatic rings. The number of nitrogens with zero attached hydrogens (tertiary/aromatic N) is 1. The van der Waals surface area contributed by atoms with Crippen LogP contribution in [0.25, 0.3) is 86.4 Å². The van der Waals surface area contributed by atoms with Gasteiger partial charge in [-0.25, -0.2) is 0 Å². The molecule has 2 heterocycles. The van der Waals surface area contributed by atoms with Gasteiger partial charge in [-0.15, -0.1) is 11.3 Å². The second kappa shape index (κ2) is 10.4. The molecule has 240 valence electrons. The van der Waals surface area contributed by atoms with Crippen molar-refractivity contribution in [2.45, 2.75) is 5.41 Å². The van der Waals surface area contributed by atoms with E-state index in [1.807, 2.05) is 11.3 Å². The van der Waals surface area contributed by atoms with Gasteiger partial charge in [-0.05, 0) is 95.9 Å². The third-order valence-corrected chi connectivity index (χ3v) is 12.9. The minimum Gasteiger partial charge on any atom is -0.256 e. The zero-order valence-corrected chi connectivity index (χ0v) is 28.9. The summed E-state index contributed by atoms with van der Waals surface area (Å²) in [5, 5.41) is 7.59. The molecule has 0 radical (unpaired) electrons. The maximum absolute atomic E-state index is 5.37. The number of fused-ring (bicyclic) bond motifs is 15. The van der Waals surface area contributed by atoms with Gasteiger partial charge >= 0.3 is 0 Å². The number of pyridine rings is 1. The van der Waals surface area contributed by atoms with Crippen LogP contribution in [0.5, 0.6) is 0 Å². The fourth-order valence-electron chi connectivity index (χ4n) is 9.78. The summed E-state index contributed by atoms with van der Waals surface area (Å²) < 4.78 is 2.67. The van der Waals surface area contributed by atoms with E-state index in [1.165, 1.54) is 103 Å². The zero-order chi connectivity index (χ0) is 34.0. The minimum absolute atomic E-state index is 0.470. The van der Waals surface area contributed by atoms with E-state index in [1.54, 1.807) is 0 Å². The van der Waals surface area contributed by atoms with Gasteiger partial charge in [0, 0.05) is 37.5 Å². The van der Waals surface area contributed by atoms with E-state index < -0.39 is 5.41 Å². The molecule has 0 N–H and O–H groups in total. The molecule has 8 aromatic carbocycles. The Morgan fingerprint density at radius 2 is 0.942 bits per heavy atom. The molecule has 1 spiro atoms. The Balaban J connectivity index is 1.24. The standard InChI is InChI=1S/C50H29NS/c1-2-14-30(15-3-1)46-33-18-4-6-20-35(33)47(36-21-7-5-19-34(36)46)49-48-37-22-9-12-24-41(37)50(42(48)26-27-51-49)40-23-11-8-16-31(40)38-29-45-39(28-43(38)50)32-17-10-13-25-44(32)52-45/h1-29H. The number of hydrogen-bond acceptors (Lipinski definition) is 2. The van der Waals surface area contributed by atoms with Gasteiger partial charge in [-0.3, -0.25) is 4.98 Å². The van der Waals surface area contributed by atoms with Gasteiger partial charge in [-0.2, -0.15) is 0 Å². The fraction of sp³-hybridized carbons (Fsp3) is 0.0200. The largest absolute Gasteiger partial charge is 0.256 e. The van der Waals surface area contributed by atoms with Gasteiger partial charge in [0.2, 0.25) is 0 Å². The second-order valence-corrected chi connectivity index (χ2v) is 15.2. The first-order valence-electron chi connectivity index (χ1n) is 18.0. The molecule has 52 heavy (non-hydrogen) atoms. The highest BCUT2D eigenvalue weighted by Gasteiger charge is 2.52. The molecule has 2 aliphatic rings. The van der Waals surface area contributed by atoms with E-state index >= 15 is 0 Å². The number of rotatable bonds is 2. The van der Waals surface area contributed by atoms with Gasteiger partial charge in [0.1, 0.15) is 0 Å². The van der Waals surface area contributed by atoms with Crippen LogP contribution in [0.1, 0.15) is 22.3 Å². The topological polar surface area (TPSA) is 12.9 Å². The van der Waals surface area contributed by atoms with Crippen molar-refractivity contribution < 1.29 is 0 Å². The summed E-state index contributed by atoms with van der Waals surface area (Å²) in [7, 11) is 0. The van der Waals surface area contributed by atoms with Crippen LogP contribution in [0.15, 0.2) is 176 Å². The first kappa shape index (κ1) is 28.4. The highest BCUT2D eigenvalue weighted by atomic mass is 32.1. The van der Waals surface area contributed by atoms with E-state index in [0.29, 0.717) is 0 Å². The molecular formula is C50H29NS. The Morgan fingerprint density at radius 3 is 1.67 bits per heavy atom. The molecule has 0 saturated carbocycles. The van der Waals surface area contributed by atoms with Crippen molar-refractivity contribution in [3.8, 4) is 44.6 Å². The number of benzene rings is 8. The van der Waals surface area contributed by atoms with E-state index in [0.717, 1.165) is 5.69 Å². The average molecular weight is 676 g/mol. The maximum Gasteiger partial charge on any atom is 0.0796 e. The third kappa shape index (κ3) is 3.50. The molecule has 12 rings (SSSR count). The Kier molecular flexibility index (Phi) is 5.65. The number of hydrogen-bond donors (Lipinski definition) is 0. The molecule has 0 fully saturated rings. The Bertz CT molecular complexity index is 3080. The molecule has 0 amide bonds. The molecular weight excluding hydrogens is 647 g/mol. The summed E-state index contributed by atoms with van der Waals surface area (Å²) in [5.74, 6) is 0. The van der Waals surface area contributed by atoms with Crippen molar-refractivity contribution in [3.05, 3.63) is 198 Å². The molecule has 1 unspecified atom stereocenters. The summed E-state index contributed by atoms with van der Waals surface area (Å²) in [6.45, 7) is 0. The average Bonchev–Trinajstić information content (AvgIpc) is 3.83. The Labute approximate surface area is 305 Å². The Morgan fingerprint density at radius 1 is 0.365 bits per heavy atom. The number of thiophene rings is 1. The highest BCUT2D eigenvalue weighted by Crippen LogP contribution is 2.65. The highest BCUT2D eigenvalue weighted by molar-refractivity contribution is 7.25. The monoisotopic (exact) mass is 675 g/mol. The quantitative estimate of drug-likeness (QED) is 0.166. The molecule has 2 aromatic heterocycles. The zero-order valence-electron chi connectivity index (χ0n) is 28.1. The summed E-state index contributed by atoms with van der Waals surface area (Å²) in [6.07, 6.45) is 2.07. The lowest BCUT2D eigenvalue weighted by molar-refractivity contribution is 0.794. The first-order valence-corrected chi connectivity index (χ1v) is 18.8. The summed E-state index contributed by atoms with van der Waals surface area (Å²) in [5.41, 5.74) is 14.8. The molecule has 1 nitrogen and oxygen atoms in total. The minimum atomic E-state index is -0.470. The van der Waals surface area contributed by atoms with E-state index in [9.17, 15) is 0 Å². The van der Waals surface area contributed by atoms with Gasteiger partial charge in [-0.1, -0.05) is 146 Å². The lowest BCUT2D eigenvalue weighted by atomic mass is 9.70. The van der Waals surface area contributed by atoms with Crippen LogP contribution in [-0.4, -0.2) is 4.98 Å². The van der Waals surface area contributed by atoms with E-state index in [-0.39, 0.29) is 0 Å². The predicted molar refractivity (Wildman–Crippen MR) is 219 cm³/mol. The van der Waals surface area contributed by atoms with Gasteiger partial charge in [0.05, 0.1) is 11.1 Å². The normalized spacial score (nSPS) is 15.4. The smallest absolute Gasteiger partial charge is 0.0796 e. The van der Waals surface area contributed by atoms with Crippen molar-refractivity contribution in [2.24, 2.45) is 0 Å².